The molecule has 0 N–H and O–H groups in total. The Morgan fingerprint density at radius 1 is 1.19 bits per heavy atom. The van der Waals surface area contributed by atoms with Crippen molar-refractivity contribution < 1.29 is 9.18 Å². The zero-order valence-electron chi connectivity index (χ0n) is 15.5. The van der Waals surface area contributed by atoms with Gasteiger partial charge in [0.15, 0.2) is 0 Å². The second kappa shape index (κ2) is 8.63. The Hall–Kier alpha value is -2.24. The number of hydrazone groups is 1. The van der Waals surface area contributed by atoms with E-state index in [-0.39, 0.29) is 17.8 Å². The van der Waals surface area contributed by atoms with Crippen molar-refractivity contribution in [2.45, 2.75) is 26.3 Å². The van der Waals surface area contributed by atoms with Gasteiger partial charge in [0.2, 0.25) is 0 Å². The van der Waals surface area contributed by atoms with Crippen LogP contribution in [-0.4, -0.2) is 41.2 Å². The minimum Gasteiger partial charge on any atom is -0.295 e. The number of halogens is 2. The number of amides is 1. The van der Waals surface area contributed by atoms with Crippen LogP contribution in [0.15, 0.2) is 53.6 Å². The van der Waals surface area contributed by atoms with Crippen LogP contribution in [0.2, 0.25) is 5.02 Å². The molecule has 2 aromatic carbocycles. The Morgan fingerprint density at radius 2 is 1.85 bits per heavy atom. The quantitative estimate of drug-likeness (QED) is 0.731. The average Bonchev–Trinajstić information content (AvgIpc) is 3.12. The first-order chi connectivity index (χ1) is 13.0. The fourth-order valence-electron chi connectivity index (χ4n) is 3.26. The zero-order valence-corrected chi connectivity index (χ0v) is 16.3. The molecule has 0 radical (unpaired) electrons. The molecule has 0 fully saturated rings. The summed E-state index contributed by atoms with van der Waals surface area (Å²) in [6.45, 7) is 5.94. The van der Waals surface area contributed by atoms with Crippen molar-refractivity contribution in [1.29, 1.82) is 0 Å². The predicted octanol–water partition coefficient (Wildman–Crippen LogP) is 4.50. The summed E-state index contributed by atoms with van der Waals surface area (Å²) in [4.78, 5) is 15.0. The third kappa shape index (κ3) is 4.37. The summed E-state index contributed by atoms with van der Waals surface area (Å²) in [6, 6.07) is 13.4. The van der Waals surface area contributed by atoms with Gasteiger partial charge in [-0.05, 0) is 42.4 Å². The number of hydrogen-bond acceptors (Lipinski definition) is 3. The molecular weight excluding hydrogens is 365 g/mol. The normalized spacial score (nSPS) is 16.7. The fourth-order valence-corrected chi connectivity index (χ4v) is 3.52. The van der Waals surface area contributed by atoms with Gasteiger partial charge in [0, 0.05) is 11.4 Å². The van der Waals surface area contributed by atoms with E-state index in [1.165, 1.54) is 17.1 Å². The molecule has 1 atom stereocenters. The molecule has 27 heavy (non-hydrogen) atoms. The van der Waals surface area contributed by atoms with E-state index in [0.717, 1.165) is 29.9 Å². The molecule has 142 valence electrons. The van der Waals surface area contributed by atoms with Gasteiger partial charge in [-0.3, -0.25) is 9.69 Å². The van der Waals surface area contributed by atoms with Gasteiger partial charge in [-0.25, -0.2) is 9.40 Å². The van der Waals surface area contributed by atoms with Crippen molar-refractivity contribution in [3.05, 3.63) is 70.5 Å². The first-order valence-electron chi connectivity index (χ1n) is 9.15. The van der Waals surface area contributed by atoms with E-state index in [2.05, 4.69) is 10.0 Å². The molecule has 1 aliphatic heterocycles. The minimum absolute atomic E-state index is 0.0688. The zero-order chi connectivity index (χ0) is 19.4. The van der Waals surface area contributed by atoms with Gasteiger partial charge in [0.25, 0.3) is 5.91 Å². The van der Waals surface area contributed by atoms with Gasteiger partial charge in [-0.15, -0.1) is 0 Å². The Morgan fingerprint density at radius 3 is 2.48 bits per heavy atom. The number of likely N-dealkylation sites (N-methyl/N-ethyl adjacent to an activating group) is 1. The van der Waals surface area contributed by atoms with Gasteiger partial charge in [-0.1, -0.05) is 55.8 Å². The smallest absolute Gasteiger partial charge is 0.257 e. The second-order valence-corrected chi connectivity index (χ2v) is 6.90. The lowest BCUT2D eigenvalue weighted by Crippen LogP contribution is -2.38. The highest BCUT2D eigenvalue weighted by Gasteiger charge is 2.34. The number of nitrogens with zero attached hydrogens (tertiary/aromatic N) is 3. The highest BCUT2D eigenvalue weighted by molar-refractivity contribution is 6.31. The highest BCUT2D eigenvalue weighted by Crippen LogP contribution is 2.36. The number of carbonyl (C=O) groups is 1. The monoisotopic (exact) mass is 387 g/mol. The van der Waals surface area contributed by atoms with Crippen LogP contribution < -0.4 is 0 Å². The van der Waals surface area contributed by atoms with Crippen molar-refractivity contribution in [2.24, 2.45) is 5.10 Å². The molecule has 4 nitrogen and oxygen atoms in total. The lowest BCUT2D eigenvalue weighted by molar-refractivity contribution is -0.134. The van der Waals surface area contributed by atoms with Crippen LogP contribution in [0.1, 0.15) is 37.4 Å². The molecule has 0 aromatic heterocycles. The second-order valence-electron chi connectivity index (χ2n) is 6.49. The molecule has 0 saturated carbocycles. The third-order valence-corrected chi connectivity index (χ3v) is 5.21. The van der Waals surface area contributed by atoms with Gasteiger partial charge >= 0.3 is 0 Å². The molecule has 1 heterocycles. The number of hydrogen-bond donors (Lipinski definition) is 0. The average molecular weight is 388 g/mol. The Labute approximate surface area is 164 Å². The van der Waals surface area contributed by atoms with Crippen molar-refractivity contribution >= 4 is 23.2 Å². The van der Waals surface area contributed by atoms with Crippen molar-refractivity contribution in [3.8, 4) is 0 Å². The third-order valence-electron chi connectivity index (χ3n) is 4.86. The maximum atomic E-state index is 13.3. The SMILES string of the molecule is CCN(CC)CC(=O)N1N=C(c2ccc(F)cc2)C[C@H]1c1ccccc1Cl. The summed E-state index contributed by atoms with van der Waals surface area (Å²) in [5.74, 6) is -0.366. The largest absolute Gasteiger partial charge is 0.295 e. The van der Waals surface area contributed by atoms with Crippen molar-refractivity contribution in [3.63, 3.8) is 0 Å². The molecule has 0 saturated heterocycles. The van der Waals surface area contributed by atoms with Crippen LogP contribution >= 0.6 is 11.6 Å². The minimum atomic E-state index is -0.297. The summed E-state index contributed by atoms with van der Waals surface area (Å²) in [5.41, 5.74) is 2.44. The Balaban J connectivity index is 1.93. The number of rotatable bonds is 6. The number of carbonyl (C=O) groups excluding carboxylic acids is 1. The molecule has 2 aromatic rings. The van der Waals surface area contributed by atoms with E-state index >= 15 is 0 Å². The molecule has 0 aliphatic carbocycles. The first-order valence-corrected chi connectivity index (χ1v) is 9.53. The molecule has 1 aliphatic rings. The Bertz CT molecular complexity index is 834. The van der Waals surface area contributed by atoms with Crippen LogP contribution in [0.3, 0.4) is 0 Å². The lowest BCUT2D eigenvalue weighted by atomic mass is 9.98. The van der Waals surface area contributed by atoms with Gasteiger partial charge in [-0.2, -0.15) is 5.10 Å². The fraction of sp³-hybridized carbons (Fsp3) is 0.333. The van der Waals surface area contributed by atoms with Gasteiger partial charge in [0.1, 0.15) is 5.82 Å². The van der Waals surface area contributed by atoms with E-state index in [4.69, 9.17) is 11.6 Å². The van der Waals surface area contributed by atoms with Crippen LogP contribution in [0.25, 0.3) is 0 Å². The van der Waals surface area contributed by atoms with Crippen molar-refractivity contribution in [2.75, 3.05) is 19.6 Å². The van der Waals surface area contributed by atoms with E-state index in [0.29, 0.717) is 18.0 Å². The highest BCUT2D eigenvalue weighted by atomic mass is 35.5. The van der Waals surface area contributed by atoms with E-state index in [1.54, 1.807) is 12.1 Å². The van der Waals surface area contributed by atoms with Gasteiger partial charge < -0.3 is 0 Å². The molecule has 3 rings (SSSR count). The standard InChI is InChI=1S/C21H23ClFN3O/c1-3-25(4-2)14-21(27)26-20(17-7-5-6-8-18(17)22)13-19(24-26)15-9-11-16(23)12-10-15/h5-12,20H,3-4,13-14H2,1-2H3/t20-/m0/s1. The van der Waals surface area contributed by atoms with E-state index in [9.17, 15) is 9.18 Å². The van der Waals surface area contributed by atoms with Crippen LogP contribution in [-0.2, 0) is 4.79 Å². The maximum absolute atomic E-state index is 13.3. The molecule has 0 unspecified atom stereocenters. The van der Waals surface area contributed by atoms with Crippen LogP contribution in [0, 0.1) is 5.82 Å². The van der Waals surface area contributed by atoms with Gasteiger partial charge in [0.05, 0.1) is 18.3 Å². The molecule has 1 amide bonds. The maximum Gasteiger partial charge on any atom is 0.257 e. The summed E-state index contributed by atoms with van der Waals surface area (Å²) in [5, 5.41) is 6.75. The van der Waals surface area contributed by atoms with Crippen LogP contribution in [0.5, 0.6) is 0 Å². The predicted molar refractivity (Wildman–Crippen MR) is 106 cm³/mol. The summed E-state index contributed by atoms with van der Waals surface area (Å²) in [6.07, 6.45) is 0.541. The van der Waals surface area contributed by atoms with Crippen molar-refractivity contribution in [1.82, 2.24) is 9.91 Å². The molecule has 0 bridgehead atoms. The Kier molecular flexibility index (Phi) is 6.24. The number of benzene rings is 2. The first kappa shape index (κ1) is 19.5. The lowest BCUT2D eigenvalue weighted by Gasteiger charge is -2.26. The summed E-state index contributed by atoms with van der Waals surface area (Å²) < 4.78 is 13.3. The van der Waals surface area contributed by atoms with E-state index < -0.39 is 0 Å². The van der Waals surface area contributed by atoms with E-state index in [1.807, 2.05) is 38.1 Å². The van der Waals surface area contributed by atoms with Crippen LogP contribution in [0.4, 0.5) is 4.39 Å². The molecular formula is C21H23ClFN3O. The summed E-state index contributed by atoms with van der Waals surface area (Å²) >= 11 is 6.40. The summed E-state index contributed by atoms with van der Waals surface area (Å²) in [7, 11) is 0. The molecule has 0 spiro atoms. The topological polar surface area (TPSA) is 35.9 Å². The molecule has 6 heteroatoms.